The van der Waals surface area contributed by atoms with Crippen LogP contribution in [0, 0.1) is 44.9 Å². The molecule has 0 radical (unpaired) electrons. The topological polar surface area (TPSA) is 52.6 Å². The van der Waals surface area contributed by atoms with Crippen LogP contribution >= 0.6 is 0 Å². The van der Waals surface area contributed by atoms with Crippen LogP contribution in [-0.2, 0) is 9.59 Å². The largest absolute Gasteiger partial charge is 0.423 e. The second-order valence-electron chi connectivity index (χ2n) is 9.31. The molecule has 0 N–H and O–H groups in total. The van der Waals surface area contributed by atoms with E-state index in [2.05, 4.69) is 13.8 Å². The Balaban J connectivity index is 1.69. The van der Waals surface area contributed by atoms with Gasteiger partial charge in [-0.05, 0) is 56.4 Å². The summed E-state index contributed by atoms with van der Waals surface area (Å²) in [4.78, 5) is 26.6. The molecule has 2 bridgehead atoms. The number of hydrogen-bond donors (Lipinski definition) is 0. The lowest BCUT2D eigenvalue weighted by molar-refractivity contribution is -0.133. The predicted octanol–water partition coefficient (Wildman–Crippen LogP) is 5.57. The number of benzene rings is 2. The minimum Gasteiger partial charge on any atom is -0.423 e. The van der Waals surface area contributed by atoms with Crippen molar-refractivity contribution in [1.82, 2.24) is 0 Å². The minimum absolute atomic E-state index is 0.183. The molecule has 0 aromatic heterocycles. The molecule has 0 saturated heterocycles. The average Bonchev–Trinajstić information content (AvgIpc) is 3.11. The third-order valence-corrected chi connectivity index (χ3v) is 6.52. The Morgan fingerprint density at radius 2 is 1.10 bits per heavy atom. The van der Waals surface area contributed by atoms with Crippen LogP contribution in [-0.4, -0.2) is 11.9 Å². The molecule has 2 aliphatic carbocycles. The Bertz CT molecular complexity index is 1060. The molecule has 31 heavy (non-hydrogen) atoms. The molecule has 4 rings (SSSR count). The van der Waals surface area contributed by atoms with E-state index in [0.717, 1.165) is 22.3 Å². The van der Waals surface area contributed by atoms with E-state index in [1.807, 2.05) is 64.1 Å². The molecule has 2 atom stereocenters. The summed E-state index contributed by atoms with van der Waals surface area (Å²) in [5, 5.41) is 0. The van der Waals surface area contributed by atoms with Crippen LogP contribution in [0.25, 0.3) is 0 Å². The van der Waals surface area contributed by atoms with Crippen molar-refractivity contribution in [3.63, 3.8) is 0 Å². The summed E-state index contributed by atoms with van der Waals surface area (Å²) in [6.45, 7) is 11.9. The fraction of sp³-hybridized carbons (Fsp3) is 0.333. The number of fused-ring (bicyclic) bond motifs is 2. The standard InChI is InChI=1S/C27H28O4/c1-15-7-11-21(17(3)13-15)30-25(28)23-19-9-10-20(27(19,5)6)24(23)26(29)31-22-12-8-16(2)14-18(22)4/h7-14,19-20H,1-6H3. The quantitative estimate of drug-likeness (QED) is 0.371. The molecule has 2 unspecified atom stereocenters. The third-order valence-electron chi connectivity index (χ3n) is 6.52. The van der Waals surface area contributed by atoms with Gasteiger partial charge in [0.1, 0.15) is 11.5 Å². The van der Waals surface area contributed by atoms with Gasteiger partial charge in [-0.15, -0.1) is 0 Å². The number of allylic oxidation sites excluding steroid dienone is 2. The van der Waals surface area contributed by atoms with Crippen molar-refractivity contribution in [2.45, 2.75) is 41.5 Å². The van der Waals surface area contributed by atoms with Crippen molar-refractivity contribution in [3.8, 4) is 11.5 Å². The SMILES string of the molecule is Cc1ccc(OC(=O)C2=C(C(=O)Oc3ccc(C)cc3C)C3C=CC2C3(C)C)c(C)c1. The Morgan fingerprint density at radius 3 is 1.45 bits per heavy atom. The second-order valence-corrected chi connectivity index (χ2v) is 9.31. The van der Waals surface area contributed by atoms with Gasteiger partial charge >= 0.3 is 11.9 Å². The molecule has 0 amide bonds. The van der Waals surface area contributed by atoms with E-state index in [-0.39, 0.29) is 17.3 Å². The number of aryl methyl sites for hydroxylation is 4. The summed E-state index contributed by atoms with van der Waals surface area (Å²) in [7, 11) is 0. The average molecular weight is 417 g/mol. The zero-order chi connectivity index (χ0) is 22.5. The zero-order valence-corrected chi connectivity index (χ0v) is 18.9. The molecule has 2 aliphatic rings. The van der Waals surface area contributed by atoms with E-state index in [4.69, 9.17) is 9.47 Å². The molecule has 0 fully saturated rings. The number of hydrogen-bond acceptors (Lipinski definition) is 4. The van der Waals surface area contributed by atoms with Gasteiger partial charge in [0, 0.05) is 11.8 Å². The van der Waals surface area contributed by atoms with Crippen molar-refractivity contribution < 1.29 is 19.1 Å². The molecule has 0 heterocycles. The Morgan fingerprint density at radius 1 is 0.710 bits per heavy atom. The smallest absolute Gasteiger partial charge is 0.340 e. The van der Waals surface area contributed by atoms with Crippen LogP contribution in [0.5, 0.6) is 11.5 Å². The highest BCUT2D eigenvalue weighted by atomic mass is 16.5. The maximum atomic E-state index is 13.3. The van der Waals surface area contributed by atoms with Gasteiger partial charge in [0.25, 0.3) is 0 Å². The highest BCUT2D eigenvalue weighted by molar-refractivity contribution is 6.05. The van der Waals surface area contributed by atoms with Gasteiger partial charge in [-0.3, -0.25) is 0 Å². The van der Waals surface area contributed by atoms with Crippen LogP contribution in [0.15, 0.2) is 59.7 Å². The number of esters is 2. The fourth-order valence-corrected chi connectivity index (χ4v) is 4.79. The first kappa shape index (κ1) is 21.1. The van der Waals surface area contributed by atoms with Gasteiger partial charge in [-0.25, -0.2) is 9.59 Å². The maximum Gasteiger partial charge on any atom is 0.340 e. The molecular formula is C27H28O4. The summed E-state index contributed by atoms with van der Waals surface area (Å²) in [6, 6.07) is 11.3. The normalized spacial score (nSPS) is 20.8. The van der Waals surface area contributed by atoms with Gasteiger partial charge in [0.15, 0.2) is 0 Å². The molecule has 0 aliphatic heterocycles. The second kappa shape index (κ2) is 7.52. The van der Waals surface area contributed by atoms with E-state index in [9.17, 15) is 9.59 Å². The Kier molecular flexibility index (Phi) is 5.12. The predicted molar refractivity (Wildman–Crippen MR) is 120 cm³/mol. The Hall–Kier alpha value is -3.14. The van der Waals surface area contributed by atoms with Crippen molar-refractivity contribution in [2.24, 2.45) is 17.3 Å². The summed E-state index contributed by atoms with van der Waals surface area (Å²) in [5.74, 6) is -0.312. The van der Waals surface area contributed by atoms with E-state index in [1.165, 1.54) is 0 Å². The lowest BCUT2D eigenvalue weighted by atomic mass is 9.77. The first-order valence-corrected chi connectivity index (χ1v) is 10.6. The molecule has 4 heteroatoms. The summed E-state index contributed by atoms with van der Waals surface area (Å²) in [6.07, 6.45) is 4.02. The number of carbonyl (C=O) groups is 2. The van der Waals surface area contributed by atoms with Crippen LogP contribution in [0.4, 0.5) is 0 Å². The maximum absolute atomic E-state index is 13.3. The Labute approximate surface area is 183 Å². The molecular weight excluding hydrogens is 388 g/mol. The molecule has 4 nitrogen and oxygen atoms in total. The number of rotatable bonds is 4. The molecule has 0 spiro atoms. The minimum atomic E-state index is -0.482. The lowest BCUT2D eigenvalue weighted by Gasteiger charge is -2.26. The van der Waals surface area contributed by atoms with Gasteiger partial charge in [-0.1, -0.05) is 61.4 Å². The van der Waals surface area contributed by atoms with Crippen molar-refractivity contribution in [2.75, 3.05) is 0 Å². The van der Waals surface area contributed by atoms with Gasteiger partial charge < -0.3 is 9.47 Å². The van der Waals surface area contributed by atoms with Gasteiger partial charge in [0.05, 0.1) is 11.1 Å². The van der Waals surface area contributed by atoms with Crippen LogP contribution in [0.1, 0.15) is 36.1 Å². The third kappa shape index (κ3) is 3.60. The first-order chi connectivity index (χ1) is 14.6. The molecule has 0 saturated carbocycles. The fourth-order valence-electron chi connectivity index (χ4n) is 4.79. The number of carbonyl (C=O) groups excluding carboxylic acids is 2. The summed E-state index contributed by atoms with van der Waals surface area (Å²) < 4.78 is 11.5. The number of ether oxygens (including phenoxy) is 2. The lowest BCUT2D eigenvalue weighted by Crippen LogP contribution is -2.24. The van der Waals surface area contributed by atoms with E-state index in [1.54, 1.807) is 12.1 Å². The van der Waals surface area contributed by atoms with Gasteiger partial charge in [-0.2, -0.15) is 0 Å². The molecule has 2 aromatic rings. The van der Waals surface area contributed by atoms with Crippen LogP contribution < -0.4 is 9.47 Å². The van der Waals surface area contributed by atoms with Gasteiger partial charge in [0.2, 0.25) is 0 Å². The zero-order valence-electron chi connectivity index (χ0n) is 18.9. The molecule has 2 aromatic carbocycles. The molecule has 160 valence electrons. The van der Waals surface area contributed by atoms with Crippen LogP contribution in [0.3, 0.4) is 0 Å². The first-order valence-electron chi connectivity index (χ1n) is 10.6. The van der Waals surface area contributed by atoms with Crippen molar-refractivity contribution in [3.05, 3.63) is 82.0 Å². The van der Waals surface area contributed by atoms with Crippen LogP contribution in [0.2, 0.25) is 0 Å². The monoisotopic (exact) mass is 416 g/mol. The van der Waals surface area contributed by atoms with E-state index in [0.29, 0.717) is 22.6 Å². The van der Waals surface area contributed by atoms with E-state index < -0.39 is 11.9 Å². The van der Waals surface area contributed by atoms with Crippen molar-refractivity contribution in [1.29, 1.82) is 0 Å². The highest BCUT2D eigenvalue weighted by Crippen LogP contribution is 2.57. The highest BCUT2D eigenvalue weighted by Gasteiger charge is 2.55. The summed E-state index contributed by atoms with van der Waals surface area (Å²) >= 11 is 0. The van der Waals surface area contributed by atoms with Crippen molar-refractivity contribution >= 4 is 11.9 Å². The summed E-state index contributed by atoms with van der Waals surface area (Å²) in [5.41, 5.74) is 4.49. The van der Waals surface area contributed by atoms with E-state index >= 15 is 0 Å².